The Morgan fingerprint density at radius 2 is 1.69 bits per heavy atom. The predicted octanol–water partition coefficient (Wildman–Crippen LogP) is 0.662. The lowest BCUT2D eigenvalue weighted by Crippen LogP contribution is -2.21. The minimum absolute atomic E-state index is 0.331. The Balaban J connectivity index is 4.55. The molecule has 7 heteroatoms. The summed E-state index contributed by atoms with van der Waals surface area (Å²) >= 11 is 0. The van der Waals surface area contributed by atoms with Gasteiger partial charge in [-0.25, -0.2) is 0 Å². The molecule has 0 spiro atoms. The van der Waals surface area contributed by atoms with Gasteiger partial charge in [-0.1, -0.05) is 0 Å². The zero-order valence-electron chi connectivity index (χ0n) is 9.26. The molecule has 7 nitrogen and oxygen atoms in total. The highest BCUT2D eigenvalue weighted by Gasteiger charge is 2.13. The van der Waals surface area contributed by atoms with Crippen LogP contribution in [-0.2, 0) is 19.1 Å². The van der Waals surface area contributed by atoms with Crippen molar-refractivity contribution >= 4 is 11.9 Å². The summed E-state index contributed by atoms with van der Waals surface area (Å²) in [4.78, 5) is 31.0. The maximum atomic E-state index is 10.7. The number of nitrogens with zero attached hydrogens (tertiary/aromatic N) is 1. The van der Waals surface area contributed by atoms with Crippen molar-refractivity contribution in [2.45, 2.75) is 27.1 Å². The number of hydrogen-bond donors (Lipinski definition) is 0. The third-order valence-corrected chi connectivity index (χ3v) is 1.36. The summed E-state index contributed by atoms with van der Waals surface area (Å²) in [5.74, 6) is -1.28. The molecule has 0 radical (unpaired) electrons. The van der Waals surface area contributed by atoms with Crippen LogP contribution in [0, 0.1) is 10.1 Å². The van der Waals surface area contributed by atoms with Crippen molar-refractivity contribution in [2.24, 2.45) is 0 Å². The van der Waals surface area contributed by atoms with Gasteiger partial charge in [0.15, 0.2) is 0 Å². The molecule has 0 aliphatic carbocycles. The van der Waals surface area contributed by atoms with E-state index in [0.29, 0.717) is 5.57 Å². The maximum Gasteiger partial charge on any atom is 0.305 e. The summed E-state index contributed by atoms with van der Waals surface area (Å²) in [6.07, 6.45) is 0.000880. The number of nitro groups is 1. The van der Waals surface area contributed by atoms with E-state index in [2.05, 4.69) is 9.47 Å². The molecule has 0 aromatic carbocycles. The molecular formula is C9H13NO6. The van der Waals surface area contributed by atoms with E-state index in [1.807, 2.05) is 0 Å². The first-order valence-corrected chi connectivity index (χ1v) is 4.44. The fraction of sp³-hybridized carbons (Fsp3) is 0.556. The first kappa shape index (κ1) is 14.1. The van der Waals surface area contributed by atoms with Gasteiger partial charge in [-0.05, 0) is 6.92 Å². The van der Waals surface area contributed by atoms with Gasteiger partial charge in [-0.15, -0.1) is 0 Å². The van der Waals surface area contributed by atoms with E-state index in [1.54, 1.807) is 0 Å². The van der Waals surface area contributed by atoms with Gasteiger partial charge in [0.1, 0.15) is 0 Å². The Labute approximate surface area is 92.2 Å². The average molecular weight is 231 g/mol. The van der Waals surface area contributed by atoms with E-state index in [9.17, 15) is 19.7 Å². The second-order valence-corrected chi connectivity index (χ2v) is 3.09. The first-order chi connectivity index (χ1) is 7.31. The van der Waals surface area contributed by atoms with E-state index < -0.39 is 29.7 Å². The summed E-state index contributed by atoms with van der Waals surface area (Å²) in [6, 6.07) is 0. The van der Waals surface area contributed by atoms with Gasteiger partial charge in [0.2, 0.25) is 6.54 Å². The molecule has 0 aromatic rings. The molecule has 0 atom stereocenters. The van der Waals surface area contributed by atoms with Gasteiger partial charge in [-0.3, -0.25) is 19.7 Å². The molecule has 0 saturated carbocycles. The Bertz CT molecular complexity index is 306. The van der Waals surface area contributed by atoms with Crippen molar-refractivity contribution < 1.29 is 24.0 Å². The van der Waals surface area contributed by atoms with Crippen molar-refractivity contribution in [2.75, 3.05) is 6.54 Å². The summed E-state index contributed by atoms with van der Waals surface area (Å²) in [7, 11) is 0. The van der Waals surface area contributed by atoms with Crippen LogP contribution in [0.25, 0.3) is 0 Å². The lowest BCUT2D eigenvalue weighted by molar-refractivity contribution is -0.470. The predicted molar refractivity (Wildman–Crippen MR) is 52.9 cm³/mol. The zero-order chi connectivity index (χ0) is 12.7. The molecule has 16 heavy (non-hydrogen) atoms. The summed E-state index contributed by atoms with van der Waals surface area (Å²) in [5, 5.41) is 10.2. The maximum absolute atomic E-state index is 10.7. The van der Waals surface area contributed by atoms with Gasteiger partial charge in [0.25, 0.3) is 6.29 Å². The van der Waals surface area contributed by atoms with Crippen LogP contribution in [0.1, 0.15) is 20.8 Å². The molecule has 0 heterocycles. The van der Waals surface area contributed by atoms with Gasteiger partial charge >= 0.3 is 11.9 Å². The third kappa shape index (κ3) is 7.48. The Hall–Kier alpha value is -1.92. The Kier molecular flexibility index (Phi) is 5.76. The van der Waals surface area contributed by atoms with E-state index >= 15 is 0 Å². The number of carbonyl (C=O) groups excluding carboxylic acids is 2. The summed E-state index contributed by atoms with van der Waals surface area (Å²) in [5.41, 5.74) is 0.331. The van der Waals surface area contributed by atoms with Gasteiger partial charge in [0.05, 0.1) is 0 Å². The molecule has 0 rings (SSSR count). The van der Waals surface area contributed by atoms with E-state index in [1.165, 1.54) is 13.0 Å². The minimum Gasteiger partial charge on any atom is -0.421 e. The number of esters is 2. The molecule has 0 aliphatic heterocycles. The number of ether oxygens (including phenoxy) is 2. The van der Waals surface area contributed by atoms with E-state index in [4.69, 9.17) is 0 Å². The monoisotopic (exact) mass is 231 g/mol. The second-order valence-electron chi connectivity index (χ2n) is 3.09. The fourth-order valence-corrected chi connectivity index (χ4v) is 0.908. The largest absolute Gasteiger partial charge is 0.421 e. The van der Waals surface area contributed by atoms with Crippen LogP contribution in [0.2, 0.25) is 0 Å². The fourth-order valence-electron chi connectivity index (χ4n) is 0.908. The van der Waals surface area contributed by atoms with Crippen molar-refractivity contribution in [1.29, 1.82) is 0 Å². The lowest BCUT2D eigenvalue weighted by Gasteiger charge is -2.13. The van der Waals surface area contributed by atoms with E-state index in [-0.39, 0.29) is 0 Å². The SMILES string of the molecule is CC(=O)OC(C=C(C)C[N+](=O)[O-])OC(C)=O. The molecule has 0 N–H and O–H groups in total. The molecular weight excluding hydrogens is 218 g/mol. The van der Waals surface area contributed by atoms with E-state index in [0.717, 1.165) is 13.8 Å². The molecule has 0 aromatic heterocycles. The molecule has 0 aliphatic rings. The van der Waals surface area contributed by atoms with Crippen LogP contribution < -0.4 is 0 Å². The highest BCUT2D eigenvalue weighted by atomic mass is 16.7. The van der Waals surface area contributed by atoms with Crippen molar-refractivity contribution in [3.05, 3.63) is 21.8 Å². The number of rotatable bonds is 5. The quantitative estimate of drug-likeness (QED) is 0.227. The van der Waals surface area contributed by atoms with Crippen LogP contribution in [0.15, 0.2) is 11.6 Å². The highest BCUT2D eigenvalue weighted by Crippen LogP contribution is 2.04. The standard InChI is InChI=1S/C9H13NO6/c1-6(5-10(13)14)4-9(15-7(2)11)16-8(3)12/h4,9H,5H2,1-3H3. The molecule has 0 saturated heterocycles. The van der Waals surface area contributed by atoms with Gasteiger partial charge in [0, 0.05) is 30.4 Å². The van der Waals surface area contributed by atoms with Crippen LogP contribution in [0.3, 0.4) is 0 Å². The number of carbonyl (C=O) groups is 2. The minimum atomic E-state index is -1.21. The molecule has 0 amide bonds. The topological polar surface area (TPSA) is 95.7 Å². The lowest BCUT2D eigenvalue weighted by atomic mass is 10.3. The van der Waals surface area contributed by atoms with Crippen LogP contribution in [0.5, 0.6) is 0 Å². The van der Waals surface area contributed by atoms with Gasteiger partial charge < -0.3 is 9.47 Å². The van der Waals surface area contributed by atoms with Crippen molar-refractivity contribution in [3.63, 3.8) is 0 Å². The van der Waals surface area contributed by atoms with Crippen molar-refractivity contribution in [1.82, 2.24) is 0 Å². The highest BCUT2D eigenvalue weighted by molar-refractivity contribution is 5.68. The first-order valence-electron chi connectivity index (χ1n) is 4.44. The number of hydrogen-bond acceptors (Lipinski definition) is 6. The van der Waals surface area contributed by atoms with Crippen LogP contribution >= 0.6 is 0 Å². The molecule has 0 unspecified atom stereocenters. The van der Waals surface area contributed by atoms with Gasteiger partial charge in [-0.2, -0.15) is 0 Å². The smallest absolute Gasteiger partial charge is 0.305 e. The Morgan fingerprint density at radius 3 is 2.00 bits per heavy atom. The molecule has 90 valence electrons. The zero-order valence-corrected chi connectivity index (χ0v) is 9.26. The van der Waals surface area contributed by atoms with Crippen molar-refractivity contribution in [3.8, 4) is 0 Å². The Morgan fingerprint density at radius 1 is 1.25 bits per heavy atom. The second kappa shape index (κ2) is 6.54. The molecule has 0 fully saturated rings. The summed E-state index contributed by atoms with van der Waals surface area (Å²) in [6.45, 7) is 3.36. The third-order valence-electron chi connectivity index (χ3n) is 1.36. The normalized spacial score (nSPS) is 11.1. The molecule has 0 bridgehead atoms. The summed E-state index contributed by atoms with van der Waals surface area (Å²) < 4.78 is 9.26. The average Bonchev–Trinajstić information content (AvgIpc) is 1.97. The van der Waals surface area contributed by atoms with Crippen LogP contribution in [-0.4, -0.2) is 29.7 Å². The van der Waals surface area contributed by atoms with Crippen LogP contribution in [0.4, 0.5) is 0 Å².